The third-order valence-corrected chi connectivity index (χ3v) is 11.2. The number of likely N-dealkylation sites (tertiary alicyclic amines) is 2. The predicted octanol–water partition coefficient (Wildman–Crippen LogP) is 7.26. The first-order chi connectivity index (χ1) is 28.3. The maximum atomic E-state index is 13.9. The fourth-order valence-electron chi connectivity index (χ4n) is 8.21. The zero-order chi connectivity index (χ0) is 40.2. The van der Waals surface area contributed by atoms with Crippen LogP contribution in [0.2, 0.25) is 0 Å². The van der Waals surface area contributed by atoms with Gasteiger partial charge in [-0.2, -0.15) is 0 Å². The van der Waals surface area contributed by atoms with Crippen molar-refractivity contribution in [3.63, 3.8) is 0 Å². The number of likely N-dealkylation sites (N-methyl/N-ethyl adjacent to an activating group) is 1. The Bertz CT molecular complexity index is 2340. The Morgan fingerprint density at radius 1 is 0.672 bits per heavy atom. The molecule has 2 saturated heterocycles. The number of aromatic nitrogens is 5. The molecule has 3 N–H and O–H groups in total. The summed E-state index contributed by atoms with van der Waals surface area (Å²) in [6, 6.07) is 29.6. The monoisotopic (exact) mass is 777 g/mol. The lowest BCUT2D eigenvalue weighted by atomic mass is 10.0. The normalized spacial score (nSPS) is 17.7. The van der Waals surface area contributed by atoms with E-state index >= 15 is 0 Å². The van der Waals surface area contributed by atoms with E-state index in [1.54, 1.807) is 11.1 Å². The number of aromatic amines is 2. The van der Waals surface area contributed by atoms with Crippen LogP contribution in [-0.4, -0.2) is 91.8 Å². The van der Waals surface area contributed by atoms with E-state index in [2.05, 4.69) is 15.3 Å². The van der Waals surface area contributed by atoms with Crippen molar-refractivity contribution in [2.75, 3.05) is 34.3 Å². The lowest BCUT2D eigenvalue weighted by Gasteiger charge is -2.31. The largest absolute Gasteiger partial charge is 0.453 e. The summed E-state index contributed by atoms with van der Waals surface area (Å²) in [4.78, 5) is 66.9. The Balaban J connectivity index is 0.929. The molecule has 6 aromatic rings. The molecule has 0 bridgehead atoms. The molecule has 58 heavy (non-hydrogen) atoms. The average Bonchev–Trinajstić information content (AvgIpc) is 4.11. The van der Waals surface area contributed by atoms with E-state index in [0.29, 0.717) is 24.5 Å². The number of alkyl carbamates (subject to hydrolysis) is 1. The van der Waals surface area contributed by atoms with Crippen molar-refractivity contribution >= 4 is 17.9 Å². The average molecular weight is 778 g/mol. The van der Waals surface area contributed by atoms with Gasteiger partial charge in [-0.3, -0.25) is 19.5 Å². The highest BCUT2D eigenvalue weighted by molar-refractivity contribution is 5.87. The van der Waals surface area contributed by atoms with Crippen LogP contribution in [0.15, 0.2) is 116 Å². The Hall–Kier alpha value is -6.60. The van der Waals surface area contributed by atoms with Crippen LogP contribution >= 0.6 is 0 Å². The van der Waals surface area contributed by atoms with Crippen LogP contribution in [0.4, 0.5) is 4.79 Å². The molecular formula is C45H47N9O4. The number of methoxy groups -OCH3 is 1. The number of amides is 3. The van der Waals surface area contributed by atoms with Crippen molar-refractivity contribution in [1.82, 2.24) is 44.9 Å². The van der Waals surface area contributed by atoms with Crippen molar-refractivity contribution < 1.29 is 19.1 Å². The van der Waals surface area contributed by atoms with E-state index in [4.69, 9.17) is 19.7 Å². The van der Waals surface area contributed by atoms with Gasteiger partial charge in [0, 0.05) is 30.4 Å². The summed E-state index contributed by atoms with van der Waals surface area (Å²) in [6.45, 7) is 1.25. The summed E-state index contributed by atoms with van der Waals surface area (Å²) in [7, 11) is 5.17. The second-order valence-electron chi connectivity index (χ2n) is 15.0. The number of H-pyrrole nitrogens is 2. The fourth-order valence-corrected chi connectivity index (χ4v) is 8.21. The van der Waals surface area contributed by atoms with Crippen molar-refractivity contribution in [1.29, 1.82) is 0 Å². The zero-order valence-electron chi connectivity index (χ0n) is 32.8. The summed E-state index contributed by atoms with van der Waals surface area (Å²) in [5, 5.41) is 2.71. The molecule has 4 atom stereocenters. The molecule has 0 spiro atoms. The van der Waals surface area contributed by atoms with Crippen molar-refractivity contribution in [2.24, 2.45) is 0 Å². The maximum Gasteiger partial charge on any atom is 0.407 e. The Labute approximate surface area is 337 Å². The molecule has 0 unspecified atom stereocenters. The topological polar surface area (TPSA) is 152 Å². The highest BCUT2D eigenvalue weighted by Crippen LogP contribution is 2.36. The summed E-state index contributed by atoms with van der Waals surface area (Å²) < 4.78 is 4.83. The first-order valence-corrected chi connectivity index (χ1v) is 19.7. The number of hydrogen-bond acceptors (Lipinski definition) is 8. The number of pyridine rings is 1. The van der Waals surface area contributed by atoms with E-state index in [-0.39, 0.29) is 29.9 Å². The molecule has 2 fully saturated rings. The van der Waals surface area contributed by atoms with Gasteiger partial charge < -0.3 is 29.8 Å². The van der Waals surface area contributed by atoms with Gasteiger partial charge in [-0.1, -0.05) is 84.9 Å². The summed E-state index contributed by atoms with van der Waals surface area (Å²) in [5.74, 6) is 1.36. The third kappa shape index (κ3) is 7.85. The summed E-state index contributed by atoms with van der Waals surface area (Å²) in [6.07, 6.45) is 8.14. The van der Waals surface area contributed by atoms with Gasteiger partial charge in [0.05, 0.1) is 48.7 Å². The molecule has 3 amide bonds. The first-order valence-electron chi connectivity index (χ1n) is 19.7. The predicted molar refractivity (Wildman–Crippen MR) is 220 cm³/mol. The van der Waals surface area contributed by atoms with Gasteiger partial charge in [-0.15, -0.1) is 0 Å². The van der Waals surface area contributed by atoms with Gasteiger partial charge >= 0.3 is 6.09 Å². The van der Waals surface area contributed by atoms with E-state index in [9.17, 15) is 14.4 Å². The molecule has 3 aromatic carbocycles. The standard InChI is InChI=1S/C45H47N9O4/c1-52(2)40(32-14-8-5-9-15-32)44(56)54-25-11-17-38(54)42-48-28-36(50-42)33-22-23-34(46-26-33)29-18-20-30(21-19-29)35-27-47-41(49-35)37-16-10-24-53(37)43(55)39(51-45(57)58-3)31-12-6-4-7-13-31/h4-9,12-15,18-23,26-28,37-40H,10-11,16-17,24-25H2,1-3H3,(H,47,49)(H,48,50)(H,51,57)/t37-,38-,39+,40-/m0/s1. The van der Waals surface area contributed by atoms with Crippen molar-refractivity contribution in [2.45, 2.75) is 49.9 Å². The molecule has 296 valence electrons. The zero-order valence-corrected chi connectivity index (χ0v) is 32.8. The van der Waals surface area contributed by atoms with Crippen LogP contribution in [0.5, 0.6) is 0 Å². The number of benzene rings is 3. The minimum atomic E-state index is -0.877. The van der Waals surface area contributed by atoms with Crippen LogP contribution in [0.25, 0.3) is 33.8 Å². The van der Waals surface area contributed by atoms with Crippen molar-refractivity contribution in [3.8, 4) is 33.8 Å². The highest BCUT2D eigenvalue weighted by Gasteiger charge is 2.38. The van der Waals surface area contributed by atoms with Gasteiger partial charge in [-0.25, -0.2) is 14.8 Å². The third-order valence-electron chi connectivity index (χ3n) is 11.2. The molecule has 5 heterocycles. The lowest BCUT2D eigenvalue weighted by Crippen LogP contribution is -2.42. The van der Waals surface area contributed by atoms with E-state index in [1.165, 1.54) is 7.11 Å². The lowest BCUT2D eigenvalue weighted by molar-refractivity contribution is -0.137. The fraction of sp³-hybridized carbons (Fsp3) is 0.289. The Morgan fingerprint density at radius 3 is 1.76 bits per heavy atom. The molecule has 2 aliphatic heterocycles. The molecule has 3 aromatic heterocycles. The Kier molecular flexibility index (Phi) is 11.1. The number of hydrogen-bond donors (Lipinski definition) is 3. The second-order valence-corrected chi connectivity index (χ2v) is 15.0. The van der Waals surface area contributed by atoms with E-state index in [1.807, 2.05) is 133 Å². The molecule has 0 aliphatic carbocycles. The number of carbonyl (C=O) groups is 3. The molecule has 0 radical (unpaired) electrons. The molecule has 8 rings (SSSR count). The maximum absolute atomic E-state index is 13.9. The summed E-state index contributed by atoms with van der Waals surface area (Å²) >= 11 is 0. The molecular weight excluding hydrogens is 731 g/mol. The van der Waals surface area contributed by atoms with Gasteiger partial charge in [0.2, 0.25) is 5.91 Å². The minimum absolute atomic E-state index is 0.0812. The van der Waals surface area contributed by atoms with Crippen LogP contribution in [0, 0.1) is 0 Å². The van der Waals surface area contributed by atoms with E-state index < -0.39 is 12.1 Å². The van der Waals surface area contributed by atoms with Gasteiger partial charge in [0.25, 0.3) is 5.91 Å². The van der Waals surface area contributed by atoms with Gasteiger partial charge in [-0.05, 0) is 68.6 Å². The van der Waals surface area contributed by atoms with Crippen LogP contribution < -0.4 is 5.32 Å². The SMILES string of the molecule is COC(=O)N[C@@H](C(=O)N1CCC[C@H]1c1ncc(-c2ccc(-c3ccc(-c4cnc([C@@H]5CCCN5C(=O)[C@H](c5ccccc5)N(C)C)[nH]4)cn3)cc2)[nH]1)c1ccccc1. The number of carbonyl (C=O) groups excluding carboxylic acids is 3. The van der Waals surface area contributed by atoms with Crippen LogP contribution in [0.1, 0.15) is 72.6 Å². The van der Waals surface area contributed by atoms with Crippen LogP contribution in [0.3, 0.4) is 0 Å². The second kappa shape index (κ2) is 16.9. The number of nitrogens with one attached hydrogen (secondary N) is 3. The Morgan fingerprint density at radius 2 is 1.21 bits per heavy atom. The van der Waals surface area contributed by atoms with Gasteiger partial charge in [0.1, 0.15) is 23.7 Å². The number of nitrogens with zero attached hydrogens (tertiary/aromatic N) is 6. The minimum Gasteiger partial charge on any atom is -0.453 e. The first kappa shape index (κ1) is 38.3. The molecule has 13 nitrogen and oxygen atoms in total. The number of ether oxygens (including phenoxy) is 1. The highest BCUT2D eigenvalue weighted by atomic mass is 16.5. The quantitative estimate of drug-likeness (QED) is 0.124. The number of rotatable bonds is 11. The van der Waals surface area contributed by atoms with Gasteiger partial charge in [0.15, 0.2) is 0 Å². The number of imidazole rings is 2. The molecule has 13 heteroatoms. The van der Waals surface area contributed by atoms with Crippen molar-refractivity contribution in [3.05, 3.63) is 138 Å². The summed E-state index contributed by atoms with van der Waals surface area (Å²) in [5.41, 5.74) is 7.01. The molecule has 0 saturated carbocycles. The van der Waals surface area contributed by atoms with Crippen LogP contribution in [-0.2, 0) is 14.3 Å². The van der Waals surface area contributed by atoms with E-state index in [0.717, 1.165) is 70.8 Å². The smallest absolute Gasteiger partial charge is 0.407 e. The molecule has 2 aliphatic rings.